The highest BCUT2D eigenvalue weighted by atomic mass is 16.2. The number of amides is 2. The summed E-state index contributed by atoms with van der Waals surface area (Å²) >= 11 is 0. The van der Waals surface area contributed by atoms with Crippen molar-refractivity contribution in [2.75, 3.05) is 0 Å². The third-order valence-electron chi connectivity index (χ3n) is 6.58. The summed E-state index contributed by atoms with van der Waals surface area (Å²) in [6.45, 7) is 0. The summed E-state index contributed by atoms with van der Waals surface area (Å²) in [4.78, 5) is 14.4. The van der Waals surface area contributed by atoms with Gasteiger partial charge in [0.15, 0.2) is 0 Å². The zero-order valence-electron chi connectivity index (χ0n) is 11.2. The molecule has 2 N–H and O–H groups in total. The summed E-state index contributed by atoms with van der Waals surface area (Å²) < 4.78 is 0. The number of nitrogens with zero attached hydrogens (tertiary/aromatic N) is 1. The van der Waals surface area contributed by atoms with Crippen LogP contribution in [0.4, 0.5) is 4.79 Å². The zero-order valence-corrected chi connectivity index (χ0v) is 11.2. The molecule has 4 aliphatic carbocycles. The maximum absolute atomic E-state index is 12.2. The predicted octanol–water partition coefficient (Wildman–Crippen LogP) is 3.03. The van der Waals surface area contributed by atoms with Gasteiger partial charge in [0.25, 0.3) is 0 Å². The summed E-state index contributed by atoms with van der Waals surface area (Å²) in [5.41, 5.74) is 6.17. The van der Waals surface area contributed by atoms with Gasteiger partial charge in [-0.15, -0.1) is 0 Å². The van der Waals surface area contributed by atoms with Crippen molar-refractivity contribution in [3.05, 3.63) is 0 Å². The van der Waals surface area contributed by atoms with Crippen LogP contribution in [0.3, 0.4) is 0 Å². The maximum Gasteiger partial charge on any atom is 0.315 e. The van der Waals surface area contributed by atoms with E-state index in [0.717, 1.165) is 11.8 Å². The largest absolute Gasteiger partial charge is 0.351 e. The van der Waals surface area contributed by atoms with Crippen LogP contribution >= 0.6 is 0 Å². The molecule has 3 heteroatoms. The molecule has 4 fully saturated rings. The molecule has 0 spiro atoms. The molecule has 100 valence electrons. The topological polar surface area (TPSA) is 46.3 Å². The van der Waals surface area contributed by atoms with Gasteiger partial charge in [-0.3, -0.25) is 0 Å². The Morgan fingerprint density at radius 2 is 1.28 bits per heavy atom. The highest BCUT2D eigenvalue weighted by Crippen LogP contribution is 2.59. The first kappa shape index (κ1) is 11.1. The molecule has 0 aromatic rings. The summed E-state index contributed by atoms with van der Waals surface area (Å²) in [5, 5.41) is 0. The minimum atomic E-state index is -0.125. The fraction of sp³-hybridized carbons (Fsp3) is 0.933. The van der Waals surface area contributed by atoms with Gasteiger partial charge in [-0.1, -0.05) is 0 Å². The summed E-state index contributed by atoms with van der Waals surface area (Å²) in [6, 6.07) is -0.125. The van der Waals surface area contributed by atoms with E-state index in [0.29, 0.717) is 0 Å². The van der Waals surface area contributed by atoms with E-state index >= 15 is 0 Å². The van der Waals surface area contributed by atoms with Crippen molar-refractivity contribution in [1.82, 2.24) is 4.90 Å². The smallest absolute Gasteiger partial charge is 0.315 e. The van der Waals surface area contributed by atoms with Crippen LogP contribution in [0.2, 0.25) is 0 Å². The second-order valence-corrected chi connectivity index (χ2v) is 7.42. The number of urea groups is 1. The van der Waals surface area contributed by atoms with Crippen molar-refractivity contribution < 1.29 is 4.79 Å². The lowest BCUT2D eigenvalue weighted by Crippen LogP contribution is -2.61. The minimum Gasteiger partial charge on any atom is -0.351 e. The molecule has 0 aliphatic heterocycles. The van der Waals surface area contributed by atoms with Crippen LogP contribution in [0.25, 0.3) is 0 Å². The van der Waals surface area contributed by atoms with Crippen LogP contribution in [0.1, 0.15) is 64.2 Å². The minimum absolute atomic E-state index is 0.125. The van der Waals surface area contributed by atoms with E-state index in [-0.39, 0.29) is 17.1 Å². The van der Waals surface area contributed by atoms with Crippen molar-refractivity contribution in [2.45, 2.75) is 75.3 Å². The van der Waals surface area contributed by atoms with E-state index in [1.165, 1.54) is 64.2 Å². The first-order valence-corrected chi connectivity index (χ1v) is 7.73. The third kappa shape index (κ3) is 1.28. The average molecular weight is 248 g/mol. The molecule has 0 radical (unpaired) electrons. The van der Waals surface area contributed by atoms with E-state index in [1.807, 2.05) is 0 Å². The summed E-state index contributed by atoms with van der Waals surface area (Å²) in [5.74, 6) is 1.75. The van der Waals surface area contributed by atoms with E-state index in [4.69, 9.17) is 5.73 Å². The van der Waals surface area contributed by atoms with Crippen LogP contribution < -0.4 is 5.73 Å². The lowest BCUT2D eigenvalue weighted by Gasteiger charge is -2.50. The molecule has 0 saturated heterocycles. The number of nitrogens with two attached hydrogens (primary N) is 1. The number of hydrogen-bond acceptors (Lipinski definition) is 1. The monoisotopic (exact) mass is 248 g/mol. The Morgan fingerprint density at radius 3 is 1.50 bits per heavy atom. The van der Waals surface area contributed by atoms with Crippen molar-refractivity contribution >= 4 is 6.03 Å². The second kappa shape index (κ2) is 3.43. The van der Waals surface area contributed by atoms with Gasteiger partial charge in [0.1, 0.15) is 0 Å². The SMILES string of the molecule is NC(=O)N(C12CCC(CC1)C2)C12CCC(CC1)C2. The Hall–Kier alpha value is -0.730. The summed E-state index contributed by atoms with van der Waals surface area (Å²) in [6.07, 6.45) is 12.6. The average Bonchev–Trinajstić information content (AvgIpc) is 3.07. The number of carbonyl (C=O) groups excluding carboxylic acids is 1. The number of rotatable bonds is 2. The van der Waals surface area contributed by atoms with Crippen LogP contribution in [0, 0.1) is 11.8 Å². The van der Waals surface area contributed by atoms with Crippen molar-refractivity contribution in [2.24, 2.45) is 17.6 Å². The van der Waals surface area contributed by atoms with Crippen molar-refractivity contribution in [1.29, 1.82) is 0 Å². The standard InChI is InChI=1S/C15H24N2O/c16-13(18)17(14-5-1-11(9-14)2-6-14)15-7-3-12(10-15)4-8-15/h11-12H,1-10H2,(H2,16,18). The molecule has 4 aliphatic rings. The molecule has 4 saturated carbocycles. The Balaban J connectivity index is 1.71. The van der Waals surface area contributed by atoms with Crippen LogP contribution in [-0.2, 0) is 0 Å². The van der Waals surface area contributed by atoms with Gasteiger partial charge in [-0.05, 0) is 76.0 Å². The van der Waals surface area contributed by atoms with Gasteiger partial charge in [0, 0.05) is 11.1 Å². The third-order valence-corrected chi connectivity index (χ3v) is 6.58. The molecule has 0 aromatic carbocycles. The van der Waals surface area contributed by atoms with E-state index in [9.17, 15) is 4.79 Å². The van der Waals surface area contributed by atoms with E-state index in [1.54, 1.807) is 0 Å². The van der Waals surface area contributed by atoms with Gasteiger partial charge in [-0.25, -0.2) is 4.79 Å². The molecule has 0 aromatic heterocycles. The maximum atomic E-state index is 12.2. The molecule has 18 heavy (non-hydrogen) atoms. The number of carbonyl (C=O) groups is 1. The van der Waals surface area contributed by atoms with Gasteiger partial charge >= 0.3 is 6.03 Å². The fourth-order valence-corrected chi connectivity index (χ4v) is 5.92. The second-order valence-electron chi connectivity index (χ2n) is 7.42. The highest BCUT2D eigenvalue weighted by molar-refractivity contribution is 5.74. The normalized spacial score (nSPS) is 48.9. The molecule has 3 nitrogen and oxygen atoms in total. The Morgan fingerprint density at radius 1 is 0.889 bits per heavy atom. The van der Waals surface area contributed by atoms with Crippen molar-refractivity contribution in [3.63, 3.8) is 0 Å². The first-order valence-electron chi connectivity index (χ1n) is 7.73. The van der Waals surface area contributed by atoms with Gasteiger partial charge in [0.05, 0.1) is 0 Å². The van der Waals surface area contributed by atoms with Gasteiger partial charge < -0.3 is 10.6 Å². The molecule has 0 unspecified atom stereocenters. The molecule has 4 rings (SSSR count). The molecule has 0 heterocycles. The van der Waals surface area contributed by atoms with Crippen LogP contribution in [0.5, 0.6) is 0 Å². The lowest BCUT2D eigenvalue weighted by molar-refractivity contribution is 0.0277. The lowest BCUT2D eigenvalue weighted by atomic mass is 9.83. The Labute approximate surface area is 109 Å². The first-order chi connectivity index (χ1) is 8.64. The highest BCUT2D eigenvalue weighted by Gasteiger charge is 2.59. The number of primary amides is 1. The van der Waals surface area contributed by atoms with Gasteiger partial charge in [0.2, 0.25) is 0 Å². The van der Waals surface area contributed by atoms with Crippen LogP contribution in [-0.4, -0.2) is 22.0 Å². The zero-order chi connectivity index (χ0) is 12.4. The molecule has 0 atom stereocenters. The number of fused-ring (bicyclic) bond motifs is 4. The van der Waals surface area contributed by atoms with E-state index < -0.39 is 0 Å². The van der Waals surface area contributed by atoms with E-state index in [2.05, 4.69) is 4.90 Å². The van der Waals surface area contributed by atoms with Gasteiger partial charge in [-0.2, -0.15) is 0 Å². The Bertz CT molecular complexity index is 346. The molecular weight excluding hydrogens is 224 g/mol. The molecule has 2 amide bonds. The van der Waals surface area contributed by atoms with Crippen LogP contribution in [0.15, 0.2) is 0 Å². The quantitative estimate of drug-likeness (QED) is 0.802. The number of hydrogen-bond donors (Lipinski definition) is 1. The molecule has 4 bridgehead atoms. The Kier molecular flexibility index (Phi) is 2.12. The fourth-order valence-electron chi connectivity index (χ4n) is 5.92. The predicted molar refractivity (Wildman–Crippen MR) is 70.0 cm³/mol. The summed E-state index contributed by atoms with van der Waals surface area (Å²) in [7, 11) is 0. The van der Waals surface area contributed by atoms with Crippen molar-refractivity contribution in [3.8, 4) is 0 Å². The molecular formula is C15H24N2O.